The van der Waals surface area contributed by atoms with Crippen molar-refractivity contribution in [2.75, 3.05) is 0 Å². The number of halogens is 3. The van der Waals surface area contributed by atoms with E-state index in [9.17, 15) is 4.39 Å². The smallest absolute Gasteiger partial charge is 0.182 e. The van der Waals surface area contributed by atoms with Crippen molar-refractivity contribution in [2.24, 2.45) is 0 Å². The first-order chi connectivity index (χ1) is 13.7. The number of hydrogen-bond acceptors (Lipinski definition) is 4. The van der Waals surface area contributed by atoms with Gasteiger partial charge in [0.1, 0.15) is 17.3 Å². The summed E-state index contributed by atoms with van der Waals surface area (Å²) in [6.45, 7) is 6.38. The molecular weight excluding hydrogens is 412 g/mol. The fourth-order valence-electron chi connectivity index (χ4n) is 2.96. The second kappa shape index (κ2) is 7.35. The molecule has 29 heavy (non-hydrogen) atoms. The van der Waals surface area contributed by atoms with E-state index in [1.54, 1.807) is 16.8 Å². The Balaban J connectivity index is 1.94. The molecule has 0 spiro atoms. The van der Waals surface area contributed by atoms with Crippen LogP contribution in [0.2, 0.25) is 10.0 Å². The first-order valence-corrected chi connectivity index (χ1v) is 9.80. The van der Waals surface area contributed by atoms with Crippen molar-refractivity contribution in [1.82, 2.24) is 25.0 Å². The molecule has 0 aliphatic heterocycles. The number of rotatable bonds is 3. The van der Waals surface area contributed by atoms with Crippen LogP contribution in [0.4, 0.5) is 4.39 Å². The molecular formula is C21H18Cl2FN5. The topological polar surface area (TPSA) is 56.5 Å². The van der Waals surface area contributed by atoms with Crippen LogP contribution in [-0.2, 0) is 12.0 Å². The van der Waals surface area contributed by atoms with E-state index in [-0.39, 0.29) is 5.41 Å². The lowest BCUT2D eigenvalue weighted by atomic mass is 9.95. The van der Waals surface area contributed by atoms with Crippen molar-refractivity contribution >= 4 is 34.4 Å². The molecule has 0 aliphatic rings. The highest BCUT2D eigenvalue weighted by atomic mass is 35.5. The highest BCUT2D eigenvalue weighted by Crippen LogP contribution is 2.31. The Labute approximate surface area is 177 Å². The van der Waals surface area contributed by atoms with E-state index in [0.717, 1.165) is 5.56 Å². The van der Waals surface area contributed by atoms with Crippen molar-refractivity contribution < 1.29 is 4.39 Å². The fourth-order valence-corrected chi connectivity index (χ4v) is 3.31. The van der Waals surface area contributed by atoms with Crippen LogP contribution in [-0.4, -0.2) is 25.0 Å². The van der Waals surface area contributed by atoms with Crippen molar-refractivity contribution in [3.63, 3.8) is 0 Å². The number of benzene rings is 2. The minimum Gasteiger partial charge on any atom is -0.230 e. The Morgan fingerprint density at radius 3 is 2.48 bits per heavy atom. The van der Waals surface area contributed by atoms with Crippen LogP contribution in [0, 0.1) is 5.82 Å². The molecule has 0 saturated carbocycles. The van der Waals surface area contributed by atoms with Crippen LogP contribution < -0.4 is 0 Å². The third kappa shape index (κ3) is 3.82. The lowest BCUT2D eigenvalue weighted by Gasteiger charge is -2.18. The van der Waals surface area contributed by atoms with Gasteiger partial charge in [-0.15, -0.1) is 5.10 Å². The molecule has 0 amide bonds. The van der Waals surface area contributed by atoms with E-state index < -0.39 is 5.82 Å². The average Bonchev–Trinajstić information content (AvgIpc) is 3.05. The fraction of sp³-hybridized carbons (Fsp3) is 0.238. The van der Waals surface area contributed by atoms with E-state index in [0.29, 0.717) is 44.8 Å². The molecule has 148 valence electrons. The predicted octanol–water partition coefficient (Wildman–Crippen LogP) is 5.68. The normalized spacial score (nSPS) is 11.9. The molecule has 0 saturated heterocycles. The molecule has 2 aromatic heterocycles. The van der Waals surface area contributed by atoms with Gasteiger partial charge in [-0.2, -0.15) is 0 Å². The maximum atomic E-state index is 14.7. The van der Waals surface area contributed by atoms with Gasteiger partial charge < -0.3 is 0 Å². The van der Waals surface area contributed by atoms with Crippen molar-refractivity contribution in [2.45, 2.75) is 32.7 Å². The monoisotopic (exact) mass is 429 g/mol. The van der Waals surface area contributed by atoms with Crippen LogP contribution in [0.25, 0.3) is 22.4 Å². The van der Waals surface area contributed by atoms with Crippen LogP contribution >= 0.6 is 23.2 Å². The molecule has 0 fully saturated rings. The van der Waals surface area contributed by atoms with Gasteiger partial charge in [-0.1, -0.05) is 67.4 Å². The first-order valence-electron chi connectivity index (χ1n) is 9.04. The Morgan fingerprint density at radius 1 is 1.03 bits per heavy atom. The largest absolute Gasteiger partial charge is 0.230 e. The van der Waals surface area contributed by atoms with Gasteiger partial charge in [0, 0.05) is 21.0 Å². The van der Waals surface area contributed by atoms with Gasteiger partial charge in [-0.05, 0) is 29.8 Å². The molecule has 5 nitrogen and oxygen atoms in total. The summed E-state index contributed by atoms with van der Waals surface area (Å²) >= 11 is 12.2. The summed E-state index contributed by atoms with van der Waals surface area (Å²) in [7, 11) is 0. The van der Waals surface area contributed by atoms with E-state index in [1.165, 1.54) is 6.07 Å². The maximum absolute atomic E-state index is 14.7. The molecule has 0 aliphatic carbocycles. The van der Waals surface area contributed by atoms with Gasteiger partial charge in [-0.3, -0.25) is 0 Å². The summed E-state index contributed by atoms with van der Waals surface area (Å²) in [5.74, 6) is 0.0927. The van der Waals surface area contributed by atoms with Crippen molar-refractivity contribution in [1.29, 1.82) is 0 Å². The molecule has 4 rings (SSSR count). The average molecular weight is 430 g/mol. The molecule has 2 heterocycles. The molecule has 0 N–H and O–H groups in total. The minimum absolute atomic E-state index is 0.303. The van der Waals surface area contributed by atoms with Crippen LogP contribution in [0.15, 0.2) is 42.5 Å². The van der Waals surface area contributed by atoms with Crippen LogP contribution in [0.3, 0.4) is 0 Å². The third-order valence-corrected chi connectivity index (χ3v) is 5.10. The van der Waals surface area contributed by atoms with Gasteiger partial charge in [0.05, 0.1) is 6.54 Å². The van der Waals surface area contributed by atoms with Crippen molar-refractivity contribution in [3.8, 4) is 11.3 Å². The first kappa shape index (κ1) is 19.7. The van der Waals surface area contributed by atoms with E-state index >= 15 is 0 Å². The summed E-state index contributed by atoms with van der Waals surface area (Å²) in [6.07, 6.45) is 0. The van der Waals surface area contributed by atoms with Gasteiger partial charge in [-0.25, -0.2) is 19.0 Å². The van der Waals surface area contributed by atoms with Gasteiger partial charge in [0.15, 0.2) is 11.2 Å². The Hall–Kier alpha value is -2.57. The Morgan fingerprint density at radius 2 is 1.79 bits per heavy atom. The van der Waals surface area contributed by atoms with Crippen molar-refractivity contribution in [3.05, 3.63) is 69.7 Å². The molecule has 8 heteroatoms. The van der Waals surface area contributed by atoms with E-state index in [4.69, 9.17) is 28.2 Å². The quantitative estimate of drug-likeness (QED) is 0.420. The summed E-state index contributed by atoms with van der Waals surface area (Å²) in [5.41, 5.74) is 2.17. The number of hydrogen-bond donors (Lipinski definition) is 0. The molecule has 0 atom stereocenters. The van der Waals surface area contributed by atoms with Gasteiger partial charge >= 0.3 is 0 Å². The number of aromatic nitrogens is 5. The van der Waals surface area contributed by atoms with E-state index in [1.807, 2.05) is 45.0 Å². The highest BCUT2D eigenvalue weighted by Gasteiger charge is 2.24. The second-order valence-electron chi connectivity index (χ2n) is 7.78. The third-order valence-electron chi connectivity index (χ3n) is 4.50. The SMILES string of the molecule is CC(C)(C)c1nc(-c2ccc(Cl)cc2F)c2nnn(Cc3ccccc3Cl)c2n1. The number of fused-ring (bicyclic) bond motifs is 1. The van der Waals surface area contributed by atoms with Crippen LogP contribution in [0.1, 0.15) is 32.2 Å². The number of nitrogens with zero attached hydrogens (tertiary/aromatic N) is 5. The molecule has 0 unspecified atom stereocenters. The molecule has 4 aromatic rings. The summed E-state index contributed by atoms with van der Waals surface area (Å²) in [6, 6.07) is 12.0. The molecule has 0 radical (unpaired) electrons. The highest BCUT2D eigenvalue weighted by molar-refractivity contribution is 6.31. The summed E-state index contributed by atoms with van der Waals surface area (Å²) < 4.78 is 16.3. The zero-order valence-electron chi connectivity index (χ0n) is 16.1. The summed E-state index contributed by atoms with van der Waals surface area (Å²) in [4.78, 5) is 9.34. The van der Waals surface area contributed by atoms with Gasteiger partial charge in [0.25, 0.3) is 0 Å². The minimum atomic E-state index is -0.474. The zero-order valence-corrected chi connectivity index (χ0v) is 17.6. The maximum Gasteiger partial charge on any atom is 0.182 e. The molecule has 2 aromatic carbocycles. The Bertz CT molecular complexity index is 1210. The van der Waals surface area contributed by atoms with Crippen LogP contribution in [0.5, 0.6) is 0 Å². The zero-order chi connectivity index (χ0) is 20.8. The Kier molecular flexibility index (Phi) is 5.00. The lowest BCUT2D eigenvalue weighted by molar-refractivity contribution is 0.545. The molecule has 0 bridgehead atoms. The van der Waals surface area contributed by atoms with E-state index in [2.05, 4.69) is 15.3 Å². The standard InChI is InChI=1S/C21H18Cl2FN5/c1-21(2,3)20-25-17(14-9-8-13(22)10-16(14)24)18-19(26-20)29(28-27-18)11-12-6-4-5-7-15(12)23/h4-10H,11H2,1-3H3. The van der Waals surface area contributed by atoms with Gasteiger partial charge in [0.2, 0.25) is 0 Å². The predicted molar refractivity (Wildman–Crippen MR) is 113 cm³/mol. The lowest BCUT2D eigenvalue weighted by Crippen LogP contribution is -2.17. The second-order valence-corrected chi connectivity index (χ2v) is 8.62. The summed E-state index contributed by atoms with van der Waals surface area (Å²) in [5, 5.41) is 9.44.